The number of fused-ring (bicyclic) bond motifs is 5. The molecule has 39 heavy (non-hydrogen) atoms. The smallest absolute Gasteiger partial charge is 0.136 e. The maximum Gasteiger partial charge on any atom is 0.136 e. The molecule has 0 unspecified atom stereocenters. The second kappa shape index (κ2) is 8.72. The highest BCUT2D eigenvalue weighted by Crippen LogP contribution is 2.47. The average molecular weight is 513 g/mol. The van der Waals surface area contributed by atoms with Crippen LogP contribution in [0.1, 0.15) is 21.9 Å². The molecule has 0 fully saturated rings. The minimum atomic E-state index is -0.738. The molecule has 7 aromatic carbocycles. The van der Waals surface area contributed by atoms with Crippen molar-refractivity contribution in [3.8, 4) is 33.4 Å². The van der Waals surface area contributed by atoms with Gasteiger partial charge < -0.3 is 4.42 Å². The molecular weight excluding hydrogens is 472 g/mol. The third-order valence-electron chi connectivity index (χ3n) is 6.76. The minimum absolute atomic E-state index is 0.0116. The zero-order chi connectivity index (χ0) is 39.7. The Balaban J connectivity index is 1.74. The summed E-state index contributed by atoms with van der Waals surface area (Å²) in [5, 5.41) is -1.67. The van der Waals surface area contributed by atoms with Crippen LogP contribution in [0, 0.1) is 0 Å². The molecule has 0 spiro atoms. The molecule has 0 radical (unpaired) electrons. The van der Waals surface area contributed by atoms with Gasteiger partial charge in [0.1, 0.15) is 11.2 Å². The van der Waals surface area contributed by atoms with E-state index in [1.165, 1.54) is 6.07 Å². The van der Waals surface area contributed by atoms with Gasteiger partial charge in [-0.25, -0.2) is 0 Å². The highest BCUT2D eigenvalue weighted by atomic mass is 16.3. The summed E-state index contributed by atoms with van der Waals surface area (Å²) in [5.41, 5.74) is -0.215. The van der Waals surface area contributed by atoms with Gasteiger partial charge in [0.2, 0.25) is 0 Å². The lowest BCUT2D eigenvalue weighted by molar-refractivity contribution is 0.669. The monoisotopic (exact) mass is 512 g/mol. The largest absolute Gasteiger partial charge is 0.456 e. The summed E-state index contributed by atoms with van der Waals surface area (Å²) in [6.07, 6.45) is 0. The van der Waals surface area contributed by atoms with E-state index in [4.69, 9.17) is 19.5 Å². The molecule has 8 aromatic rings. The Morgan fingerprint density at radius 1 is 0.436 bits per heavy atom. The van der Waals surface area contributed by atoms with Crippen LogP contribution in [0.4, 0.5) is 0 Å². The van der Waals surface area contributed by atoms with E-state index in [1.807, 2.05) is 6.07 Å². The van der Waals surface area contributed by atoms with Gasteiger partial charge in [-0.3, -0.25) is 0 Å². The molecule has 0 amide bonds. The molecule has 0 aliphatic rings. The number of rotatable bonds is 3. The Morgan fingerprint density at radius 3 is 1.74 bits per heavy atom. The van der Waals surface area contributed by atoms with E-state index in [1.54, 1.807) is 36.4 Å². The first-order valence-electron chi connectivity index (χ1n) is 20.1. The first-order chi connectivity index (χ1) is 26.0. The number of benzene rings is 7. The first-order valence-corrected chi connectivity index (χ1v) is 12.1. The Labute approximate surface area is 249 Å². The first kappa shape index (κ1) is 11.3. The van der Waals surface area contributed by atoms with Gasteiger partial charge in [0.05, 0.1) is 21.9 Å². The number of furan rings is 1. The predicted octanol–water partition coefficient (Wildman–Crippen LogP) is 10.9. The molecule has 1 heterocycles. The summed E-state index contributed by atoms with van der Waals surface area (Å²) in [5.74, 6) is 0. The van der Waals surface area contributed by atoms with Crippen molar-refractivity contribution >= 4 is 43.5 Å². The standard InChI is InChI=1S/C38H24O/c1-2-12-25(13-3-1)26-14-10-15-27(24-26)36-28-16-4-6-18-30(28)37(31-19-7-5-17-29(31)36)33-21-11-23-35-38(33)32-20-8-9-22-34(32)39-35/h1-24H/i4D,5D,6D,7D,8D,9D,10D,11D,16D,17D,18D,19D,20D,21D,22D,23D. The highest BCUT2D eigenvalue weighted by Gasteiger charge is 2.20. The van der Waals surface area contributed by atoms with Crippen molar-refractivity contribution in [2.75, 3.05) is 0 Å². The summed E-state index contributed by atoms with van der Waals surface area (Å²) in [6, 6.07) is 3.56. The van der Waals surface area contributed by atoms with Gasteiger partial charge in [-0.15, -0.1) is 0 Å². The van der Waals surface area contributed by atoms with Crippen molar-refractivity contribution in [2.45, 2.75) is 0 Å². The summed E-state index contributed by atoms with van der Waals surface area (Å²) >= 11 is 0. The van der Waals surface area contributed by atoms with Crippen LogP contribution in [0.25, 0.3) is 76.9 Å². The maximum atomic E-state index is 9.32. The lowest BCUT2D eigenvalue weighted by Crippen LogP contribution is -1.91. The molecule has 1 aromatic heterocycles. The molecule has 0 N–H and O–H groups in total. The number of hydrogen-bond donors (Lipinski definition) is 0. The summed E-state index contributed by atoms with van der Waals surface area (Å²) in [7, 11) is 0. The third kappa shape index (κ3) is 3.41. The third-order valence-corrected chi connectivity index (χ3v) is 6.76. The van der Waals surface area contributed by atoms with Gasteiger partial charge in [-0.05, 0) is 73.1 Å². The zero-order valence-corrected chi connectivity index (χ0v) is 20.0. The second-order valence-electron chi connectivity index (χ2n) is 8.89. The topological polar surface area (TPSA) is 13.1 Å². The van der Waals surface area contributed by atoms with Crippen LogP contribution < -0.4 is 0 Å². The quantitative estimate of drug-likeness (QED) is 0.215. The van der Waals surface area contributed by atoms with E-state index in [-0.39, 0.29) is 55.1 Å². The van der Waals surface area contributed by atoms with Crippen LogP contribution in [0.3, 0.4) is 0 Å². The molecule has 0 aliphatic heterocycles. The highest BCUT2D eigenvalue weighted by molar-refractivity contribution is 6.25. The molecule has 1 heteroatoms. The van der Waals surface area contributed by atoms with Gasteiger partial charge in [0, 0.05) is 10.8 Å². The van der Waals surface area contributed by atoms with E-state index in [0.29, 0.717) is 11.1 Å². The van der Waals surface area contributed by atoms with E-state index < -0.39 is 107 Å². The fourth-order valence-corrected chi connectivity index (χ4v) is 5.12. The van der Waals surface area contributed by atoms with Gasteiger partial charge >= 0.3 is 0 Å². The lowest BCUT2D eigenvalue weighted by Gasteiger charge is -2.18. The predicted molar refractivity (Wildman–Crippen MR) is 165 cm³/mol. The van der Waals surface area contributed by atoms with Crippen LogP contribution >= 0.6 is 0 Å². The summed E-state index contributed by atoms with van der Waals surface area (Å²) in [4.78, 5) is 0. The van der Waals surface area contributed by atoms with Crippen molar-refractivity contribution in [3.63, 3.8) is 0 Å². The van der Waals surface area contributed by atoms with E-state index in [9.17, 15) is 6.85 Å². The molecule has 0 saturated heterocycles. The normalized spacial score (nSPS) is 17.3. The summed E-state index contributed by atoms with van der Waals surface area (Å²) in [6.45, 7) is 0. The van der Waals surface area contributed by atoms with Crippen molar-refractivity contribution in [2.24, 2.45) is 0 Å². The van der Waals surface area contributed by atoms with Crippen LogP contribution in [-0.4, -0.2) is 0 Å². The molecule has 0 atom stereocenters. The van der Waals surface area contributed by atoms with Crippen LogP contribution in [0.5, 0.6) is 0 Å². The van der Waals surface area contributed by atoms with Crippen LogP contribution in [-0.2, 0) is 0 Å². The van der Waals surface area contributed by atoms with Crippen molar-refractivity contribution in [3.05, 3.63) is 145 Å². The molecule has 1 nitrogen and oxygen atoms in total. The fourth-order valence-electron chi connectivity index (χ4n) is 5.12. The molecule has 0 saturated carbocycles. The van der Waals surface area contributed by atoms with Gasteiger partial charge in [-0.2, -0.15) is 0 Å². The Morgan fingerprint density at radius 2 is 1.03 bits per heavy atom. The van der Waals surface area contributed by atoms with Crippen LogP contribution in [0.2, 0.25) is 0 Å². The van der Waals surface area contributed by atoms with Crippen molar-refractivity contribution in [1.82, 2.24) is 0 Å². The van der Waals surface area contributed by atoms with Crippen LogP contribution in [0.15, 0.2) is 150 Å². The number of hydrogen-bond acceptors (Lipinski definition) is 1. The van der Waals surface area contributed by atoms with Gasteiger partial charge in [0.25, 0.3) is 0 Å². The number of para-hydroxylation sites is 1. The van der Waals surface area contributed by atoms with E-state index in [2.05, 4.69) is 0 Å². The van der Waals surface area contributed by atoms with Crippen molar-refractivity contribution < 1.29 is 26.3 Å². The molecule has 0 aliphatic carbocycles. The molecule has 8 rings (SSSR count). The fraction of sp³-hybridized carbons (Fsp3) is 0. The SMILES string of the molecule is [2H]c1cc(-c2ccccc2)cc(-c2c3c([2H])c([2H])c([2H])c([2H])c3c(-c3c([2H])c([2H])c([2H])c4oc5c([2H])c([2H])c([2H])c([2H])c5c34)c3c([2H])c([2H])c([2H])c([2H])c23)c1. The lowest BCUT2D eigenvalue weighted by atomic mass is 9.84. The van der Waals surface area contributed by atoms with E-state index >= 15 is 0 Å². The minimum Gasteiger partial charge on any atom is -0.456 e. The Bertz CT molecular complexity index is 2960. The second-order valence-corrected chi connectivity index (χ2v) is 8.89. The summed E-state index contributed by atoms with van der Waals surface area (Å²) < 4.78 is 148. The van der Waals surface area contributed by atoms with Crippen molar-refractivity contribution in [1.29, 1.82) is 0 Å². The molecule has 182 valence electrons. The Hall–Kier alpha value is -5.14. The zero-order valence-electron chi connectivity index (χ0n) is 36.0. The average Bonchev–Trinajstić information content (AvgIpc) is 3.58. The van der Waals surface area contributed by atoms with E-state index in [0.717, 1.165) is 0 Å². The van der Waals surface area contributed by atoms with Gasteiger partial charge in [-0.1, -0.05) is 127 Å². The molecular formula is C38H24O. The Kier molecular flexibility index (Phi) is 2.53. The maximum absolute atomic E-state index is 9.32. The molecule has 0 bridgehead atoms. The van der Waals surface area contributed by atoms with Gasteiger partial charge in [0.15, 0.2) is 0 Å².